The Morgan fingerprint density at radius 1 is 1.18 bits per heavy atom. The molecule has 0 aliphatic heterocycles. The second-order valence-corrected chi connectivity index (χ2v) is 5.91. The number of rotatable bonds is 8. The number of hydrogen-bond donors (Lipinski definition) is 0. The molecule has 0 aromatic heterocycles. The largest absolute Gasteiger partial charge is 0.299 e. The van der Waals surface area contributed by atoms with Gasteiger partial charge in [0.05, 0.1) is 0 Å². The summed E-state index contributed by atoms with van der Waals surface area (Å²) in [7, 11) is 0. The Bertz CT molecular complexity index is 204. The average Bonchev–Trinajstić information content (AvgIpc) is 2.36. The van der Waals surface area contributed by atoms with Gasteiger partial charge in [-0.3, -0.25) is 4.79 Å². The summed E-state index contributed by atoms with van der Waals surface area (Å²) in [5.74, 6) is 1.78. The molecule has 0 bridgehead atoms. The molecule has 0 radical (unpaired) electrons. The highest BCUT2D eigenvalue weighted by atomic mass is 16.1. The predicted octanol–water partition coefficient (Wildman–Crippen LogP) is 5.13. The molecule has 1 saturated carbocycles. The van der Waals surface area contributed by atoms with Crippen molar-refractivity contribution in [3.05, 3.63) is 0 Å². The van der Waals surface area contributed by atoms with Crippen LogP contribution in [0.15, 0.2) is 0 Å². The first-order valence-electron chi connectivity index (χ1n) is 7.76. The maximum atomic E-state index is 11.8. The maximum absolute atomic E-state index is 11.8. The molecule has 0 aromatic rings. The van der Waals surface area contributed by atoms with E-state index in [0.717, 1.165) is 31.6 Å². The quantitative estimate of drug-likeness (QED) is 0.536. The first kappa shape index (κ1) is 14.7. The monoisotopic (exact) mass is 238 g/mol. The molecule has 0 heterocycles. The normalized spacial score (nSPS) is 19.2. The van der Waals surface area contributed by atoms with Crippen molar-refractivity contribution in [2.45, 2.75) is 84.5 Å². The molecule has 0 saturated heterocycles. The molecule has 1 unspecified atom stereocenters. The fourth-order valence-corrected chi connectivity index (χ4v) is 3.05. The minimum atomic E-state index is 0.301. The summed E-state index contributed by atoms with van der Waals surface area (Å²) in [5, 5.41) is 0. The van der Waals surface area contributed by atoms with Crippen LogP contribution in [0.3, 0.4) is 0 Å². The highest BCUT2D eigenvalue weighted by molar-refractivity contribution is 5.80. The van der Waals surface area contributed by atoms with Crippen molar-refractivity contribution in [3.8, 4) is 0 Å². The zero-order valence-electron chi connectivity index (χ0n) is 11.8. The molecule has 0 N–H and O–H groups in total. The summed E-state index contributed by atoms with van der Waals surface area (Å²) in [6.45, 7) is 4.25. The Kier molecular flexibility index (Phi) is 7.55. The van der Waals surface area contributed by atoms with E-state index in [-0.39, 0.29) is 0 Å². The van der Waals surface area contributed by atoms with E-state index in [1.165, 1.54) is 44.9 Å². The van der Waals surface area contributed by atoms with Crippen LogP contribution in [0, 0.1) is 11.8 Å². The average molecular weight is 238 g/mol. The van der Waals surface area contributed by atoms with Crippen LogP contribution in [-0.2, 0) is 4.79 Å². The van der Waals surface area contributed by atoms with Crippen molar-refractivity contribution < 1.29 is 4.79 Å². The molecule has 17 heavy (non-hydrogen) atoms. The Morgan fingerprint density at radius 3 is 2.53 bits per heavy atom. The van der Waals surface area contributed by atoms with E-state index in [1.54, 1.807) is 0 Å². The lowest BCUT2D eigenvalue weighted by atomic mass is 9.85. The summed E-state index contributed by atoms with van der Waals surface area (Å²) in [5.41, 5.74) is 0. The first-order valence-corrected chi connectivity index (χ1v) is 7.76. The van der Waals surface area contributed by atoms with Gasteiger partial charge in [0, 0.05) is 12.3 Å². The lowest BCUT2D eigenvalue weighted by Gasteiger charge is -2.21. The summed E-state index contributed by atoms with van der Waals surface area (Å²) in [6.07, 6.45) is 14.0. The summed E-state index contributed by atoms with van der Waals surface area (Å²) in [6, 6.07) is 0. The van der Waals surface area contributed by atoms with Gasteiger partial charge >= 0.3 is 0 Å². The van der Waals surface area contributed by atoms with Crippen LogP contribution in [-0.4, -0.2) is 5.78 Å². The molecule has 0 amide bonds. The van der Waals surface area contributed by atoms with Gasteiger partial charge in [-0.05, 0) is 18.8 Å². The molecular formula is C16H30O. The Labute approximate surface area is 107 Å². The van der Waals surface area contributed by atoms with Crippen LogP contribution in [0.25, 0.3) is 0 Å². The number of carbonyl (C=O) groups is 1. The molecule has 1 aliphatic rings. The van der Waals surface area contributed by atoms with E-state index in [1.807, 2.05) is 0 Å². The zero-order valence-corrected chi connectivity index (χ0v) is 11.8. The van der Waals surface area contributed by atoms with Crippen molar-refractivity contribution in [3.63, 3.8) is 0 Å². The second kappa shape index (κ2) is 8.72. The van der Waals surface area contributed by atoms with Crippen LogP contribution in [0.2, 0.25) is 0 Å². The molecule has 1 nitrogen and oxygen atoms in total. The second-order valence-electron chi connectivity index (χ2n) is 5.91. The molecule has 100 valence electrons. The molecule has 0 aromatic carbocycles. The van der Waals surface area contributed by atoms with Gasteiger partial charge in [0.15, 0.2) is 0 Å². The van der Waals surface area contributed by atoms with Gasteiger partial charge in [-0.1, -0.05) is 65.2 Å². The smallest absolute Gasteiger partial charge is 0.135 e. The Hall–Kier alpha value is -0.330. The molecule has 1 rings (SSSR count). The highest BCUT2D eigenvalue weighted by Gasteiger charge is 2.14. The maximum Gasteiger partial charge on any atom is 0.135 e. The third kappa shape index (κ3) is 6.24. The first-order chi connectivity index (χ1) is 8.24. The van der Waals surface area contributed by atoms with E-state index in [0.29, 0.717) is 11.7 Å². The fourth-order valence-electron chi connectivity index (χ4n) is 3.05. The third-order valence-corrected chi connectivity index (χ3v) is 4.28. The van der Waals surface area contributed by atoms with Gasteiger partial charge < -0.3 is 0 Å². The zero-order chi connectivity index (χ0) is 12.5. The van der Waals surface area contributed by atoms with Gasteiger partial charge in [-0.2, -0.15) is 0 Å². The topological polar surface area (TPSA) is 17.1 Å². The van der Waals surface area contributed by atoms with Crippen LogP contribution in [0.5, 0.6) is 0 Å². The molecule has 1 heteroatoms. The van der Waals surface area contributed by atoms with Crippen molar-refractivity contribution in [2.24, 2.45) is 11.8 Å². The summed E-state index contributed by atoms with van der Waals surface area (Å²) < 4.78 is 0. The lowest BCUT2D eigenvalue weighted by molar-refractivity contribution is -0.122. The van der Waals surface area contributed by atoms with Crippen molar-refractivity contribution in [1.29, 1.82) is 0 Å². The SMILES string of the molecule is CCCC(C)C(=O)CCCCC1CCCCC1. The minimum Gasteiger partial charge on any atom is -0.299 e. The number of hydrogen-bond acceptors (Lipinski definition) is 1. The lowest BCUT2D eigenvalue weighted by Crippen LogP contribution is -2.11. The van der Waals surface area contributed by atoms with Gasteiger partial charge in [0.2, 0.25) is 0 Å². The highest BCUT2D eigenvalue weighted by Crippen LogP contribution is 2.28. The van der Waals surface area contributed by atoms with Gasteiger partial charge in [-0.25, -0.2) is 0 Å². The van der Waals surface area contributed by atoms with Crippen molar-refractivity contribution >= 4 is 5.78 Å². The van der Waals surface area contributed by atoms with Gasteiger partial charge in [0.1, 0.15) is 5.78 Å². The van der Waals surface area contributed by atoms with Crippen LogP contribution in [0.1, 0.15) is 84.5 Å². The summed E-state index contributed by atoms with van der Waals surface area (Å²) >= 11 is 0. The Balaban J connectivity index is 2.01. The van der Waals surface area contributed by atoms with E-state index in [2.05, 4.69) is 13.8 Å². The summed E-state index contributed by atoms with van der Waals surface area (Å²) in [4.78, 5) is 11.8. The standard InChI is InChI=1S/C16H30O/c1-3-9-14(2)16(17)13-8-7-12-15-10-5-4-6-11-15/h14-15H,3-13H2,1-2H3. The van der Waals surface area contributed by atoms with Crippen LogP contribution >= 0.6 is 0 Å². The van der Waals surface area contributed by atoms with Gasteiger partial charge in [-0.15, -0.1) is 0 Å². The number of unbranched alkanes of at least 4 members (excludes halogenated alkanes) is 1. The fraction of sp³-hybridized carbons (Fsp3) is 0.938. The third-order valence-electron chi connectivity index (χ3n) is 4.28. The van der Waals surface area contributed by atoms with E-state index >= 15 is 0 Å². The number of ketones is 1. The molecule has 0 spiro atoms. The molecule has 1 aliphatic carbocycles. The Morgan fingerprint density at radius 2 is 1.88 bits per heavy atom. The predicted molar refractivity (Wildman–Crippen MR) is 74.1 cm³/mol. The molecule has 1 atom stereocenters. The van der Waals surface area contributed by atoms with Crippen LogP contribution in [0.4, 0.5) is 0 Å². The van der Waals surface area contributed by atoms with Gasteiger partial charge in [0.25, 0.3) is 0 Å². The van der Waals surface area contributed by atoms with Crippen molar-refractivity contribution in [1.82, 2.24) is 0 Å². The molecule has 1 fully saturated rings. The van der Waals surface area contributed by atoms with E-state index in [9.17, 15) is 4.79 Å². The van der Waals surface area contributed by atoms with Crippen molar-refractivity contribution in [2.75, 3.05) is 0 Å². The number of carbonyl (C=O) groups excluding carboxylic acids is 1. The van der Waals surface area contributed by atoms with Crippen LogP contribution < -0.4 is 0 Å². The van der Waals surface area contributed by atoms with E-state index < -0.39 is 0 Å². The minimum absolute atomic E-state index is 0.301. The molecular weight excluding hydrogens is 208 g/mol. The van der Waals surface area contributed by atoms with E-state index in [4.69, 9.17) is 0 Å². The number of Topliss-reactive ketones (excluding diaryl/α,β-unsaturated/α-hetero) is 1.